The minimum atomic E-state index is -0.519. The summed E-state index contributed by atoms with van der Waals surface area (Å²) in [5, 5.41) is 8.08. The summed E-state index contributed by atoms with van der Waals surface area (Å²) in [6.07, 6.45) is 0. The number of carbonyl (C=O) groups is 1. The summed E-state index contributed by atoms with van der Waals surface area (Å²) < 4.78 is 5.50. The normalized spacial score (nSPS) is 16.5. The number of aromatic nitrogens is 1. The molecule has 0 radical (unpaired) electrons. The zero-order valence-electron chi connectivity index (χ0n) is 17.7. The number of hydrogen-bond donors (Lipinski definition) is 2. The van der Waals surface area contributed by atoms with Crippen molar-refractivity contribution in [1.82, 2.24) is 19.9 Å². The van der Waals surface area contributed by atoms with E-state index >= 15 is 0 Å². The predicted molar refractivity (Wildman–Crippen MR) is 132 cm³/mol. The molecular weight excluding hydrogens is 464 g/mol. The molecule has 0 atom stereocenters. The van der Waals surface area contributed by atoms with Gasteiger partial charge in [0.05, 0.1) is 31.1 Å². The van der Waals surface area contributed by atoms with Crippen molar-refractivity contribution < 1.29 is 9.53 Å². The van der Waals surface area contributed by atoms with Gasteiger partial charge >= 0.3 is 0 Å². The average molecular weight is 489 g/mol. The lowest BCUT2D eigenvalue weighted by atomic mass is 10.0. The third-order valence-electron chi connectivity index (χ3n) is 5.86. The molecule has 0 bridgehead atoms. The van der Waals surface area contributed by atoms with E-state index in [9.17, 15) is 4.79 Å². The summed E-state index contributed by atoms with van der Waals surface area (Å²) in [4.78, 5) is 21.2. The Morgan fingerprint density at radius 2 is 2.12 bits per heavy atom. The summed E-state index contributed by atoms with van der Waals surface area (Å²) >= 11 is 8.84. The maximum absolute atomic E-state index is 11.9. The van der Waals surface area contributed by atoms with Crippen LogP contribution in [-0.4, -0.2) is 63.8 Å². The number of primary amides is 1. The van der Waals surface area contributed by atoms with Gasteiger partial charge in [-0.05, 0) is 30.6 Å². The highest BCUT2D eigenvalue weighted by molar-refractivity contribution is 7.80. The first-order valence-electron chi connectivity index (χ1n) is 10.5. The van der Waals surface area contributed by atoms with Gasteiger partial charge in [-0.3, -0.25) is 9.80 Å². The van der Waals surface area contributed by atoms with Crippen LogP contribution >= 0.6 is 34.9 Å². The van der Waals surface area contributed by atoms with E-state index in [2.05, 4.69) is 27.9 Å². The van der Waals surface area contributed by atoms with Gasteiger partial charge < -0.3 is 21.1 Å². The lowest BCUT2D eigenvalue weighted by Gasteiger charge is -2.40. The number of pyridine rings is 1. The smallest absolute Gasteiger partial charge is 0.260 e. The Labute approximate surface area is 199 Å². The van der Waals surface area contributed by atoms with E-state index in [0.29, 0.717) is 36.9 Å². The summed E-state index contributed by atoms with van der Waals surface area (Å²) in [5.41, 5.74) is 15.5. The van der Waals surface area contributed by atoms with Gasteiger partial charge in [0.1, 0.15) is 9.71 Å². The van der Waals surface area contributed by atoms with Gasteiger partial charge in [-0.1, -0.05) is 6.07 Å². The summed E-state index contributed by atoms with van der Waals surface area (Å²) in [7, 11) is 0. The van der Waals surface area contributed by atoms with Crippen molar-refractivity contribution in [2.75, 3.05) is 38.6 Å². The number of nitrogens with two attached hydrogens (primary N) is 2. The van der Waals surface area contributed by atoms with E-state index in [4.69, 9.17) is 33.4 Å². The summed E-state index contributed by atoms with van der Waals surface area (Å²) in [6, 6.07) is 4.10. The van der Waals surface area contributed by atoms with E-state index in [1.807, 2.05) is 11.4 Å². The molecule has 4 N–H and O–H groups in total. The number of nitrogen functional groups attached to an aromatic ring is 1. The number of anilines is 1. The second-order valence-electron chi connectivity index (χ2n) is 7.70. The van der Waals surface area contributed by atoms with Crippen LogP contribution in [-0.2, 0) is 17.8 Å². The predicted octanol–water partition coefficient (Wildman–Crippen LogP) is 2.88. The van der Waals surface area contributed by atoms with Crippen LogP contribution in [0.2, 0.25) is 0 Å². The molecule has 3 aromatic rings. The fourth-order valence-electron chi connectivity index (χ4n) is 4.39. The van der Waals surface area contributed by atoms with Crippen molar-refractivity contribution in [2.45, 2.75) is 20.0 Å². The molecule has 2 aliphatic rings. The van der Waals surface area contributed by atoms with Crippen LogP contribution in [0.15, 0.2) is 17.5 Å². The fraction of sp³-hybridized carbons (Fsp3) is 0.381. The van der Waals surface area contributed by atoms with E-state index in [-0.39, 0.29) is 0 Å². The molecule has 32 heavy (non-hydrogen) atoms. The molecule has 2 aliphatic heterocycles. The van der Waals surface area contributed by atoms with Gasteiger partial charge in [0.15, 0.2) is 5.11 Å². The standard InChI is InChI=1S/C21H24N6O2S3/c1-2-27(26-5-7-29-8-6-26)21(30)25-10-12-13(11-25)24-20-16(15(12)14-4-3-9-31-14)17(22)18(32-20)19(23)28/h3-4,9H,2,5-8,10-11,22H2,1H3,(H2,23,28). The maximum Gasteiger partial charge on any atom is 0.260 e. The highest BCUT2D eigenvalue weighted by atomic mass is 32.1. The molecule has 11 heteroatoms. The van der Waals surface area contributed by atoms with Crippen molar-refractivity contribution in [3.63, 3.8) is 0 Å². The number of rotatable bonds is 4. The molecule has 0 aromatic carbocycles. The van der Waals surface area contributed by atoms with Crippen LogP contribution in [0.4, 0.5) is 5.69 Å². The van der Waals surface area contributed by atoms with E-state index in [1.54, 1.807) is 11.3 Å². The van der Waals surface area contributed by atoms with Crippen molar-refractivity contribution in [3.05, 3.63) is 33.6 Å². The van der Waals surface area contributed by atoms with Gasteiger partial charge in [-0.25, -0.2) is 9.99 Å². The highest BCUT2D eigenvalue weighted by Gasteiger charge is 2.33. The molecule has 168 valence electrons. The van der Waals surface area contributed by atoms with Crippen LogP contribution in [0.5, 0.6) is 0 Å². The lowest BCUT2D eigenvalue weighted by molar-refractivity contribution is -0.0523. The number of hydrogen-bond acceptors (Lipinski definition) is 8. The molecular formula is C21H24N6O2S3. The van der Waals surface area contributed by atoms with Gasteiger partial charge in [0.25, 0.3) is 5.91 Å². The molecule has 8 nitrogen and oxygen atoms in total. The molecule has 1 fully saturated rings. The SMILES string of the molecule is CCN(C(=S)N1Cc2nc3sc(C(N)=O)c(N)c3c(-c3cccs3)c2C1)N1CCOCC1. The second kappa shape index (κ2) is 8.56. The van der Waals surface area contributed by atoms with Crippen LogP contribution in [0.3, 0.4) is 0 Å². The Morgan fingerprint density at radius 1 is 1.34 bits per heavy atom. The first kappa shape index (κ1) is 21.5. The number of nitrogens with zero attached hydrogens (tertiary/aromatic N) is 4. The molecule has 1 saturated heterocycles. The second-order valence-corrected chi connectivity index (χ2v) is 10.0. The van der Waals surface area contributed by atoms with E-state index < -0.39 is 5.91 Å². The Balaban J connectivity index is 1.56. The minimum absolute atomic E-state index is 0.367. The van der Waals surface area contributed by atoms with E-state index in [0.717, 1.165) is 56.7 Å². The third-order valence-corrected chi connectivity index (χ3v) is 8.33. The number of morpholine rings is 1. The topological polar surface area (TPSA) is 101 Å². The molecule has 5 rings (SSSR count). The number of hydrazine groups is 1. The van der Waals surface area contributed by atoms with Crippen molar-refractivity contribution in [2.24, 2.45) is 5.73 Å². The van der Waals surface area contributed by atoms with Gasteiger partial charge in [-0.15, -0.1) is 22.7 Å². The number of amides is 1. The minimum Gasteiger partial charge on any atom is -0.397 e. The molecule has 3 aromatic heterocycles. The Morgan fingerprint density at radius 3 is 2.78 bits per heavy atom. The van der Waals surface area contributed by atoms with Crippen molar-refractivity contribution >= 4 is 61.8 Å². The molecule has 1 amide bonds. The van der Waals surface area contributed by atoms with E-state index in [1.165, 1.54) is 11.3 Å². The van der Waals surface area contributed by atoms with Gasteiger partial charge in [0, 0.05) is 47.6 Å². The van der Waals surface area contributed by atoms with Crippen LogP contribution in [0, 0.1) is 0 Å². The summed E-state index contributed by atoms with van der Waals surface area (Å²) in [6.45, 7) is 7.25. The zero-order chi connectivity index (χ0) is 22.4. The molecule has 0 aliphatic carbocycles. The largest absolute Gasteiger partial charge is 0.397 e. The fourth-order valence-corrected chi connectivity index (χ4v) is 6.54. The Bertz CT molecular complexity index is 1190. The Hall–Kier alpha value is -2.31. The number of fused-ring (bicyclic) bond motifs is 2. The summed E-state index contributed by atoms with van der Waals surface area (Å²) in [5.74, 6) is -0.519. The van der Waals surface area contributed by atoms with Crippen LogP contribution < -0.4 is 11.5 Å². The number of thiophene rings is 2. The third kappa shape index (κ3) is 3.54. The van der Waals surface area contributed by atoms with Gasteiger partial charge in [-0.2, -0.15) is 0 Å². The first-order valence-corrected chi connectivity index (χ1v) is 12.6. The number of carbonyl (C=O) groups excluding carboxylic acids is 1. The molecule has 0 unspecified atom stereocenters. The van der Waals surface area contributed by atoms with Crippen LogP contribution in [0.25, 0.3) is 20.7 Å². The molecule has 0 spiro atoms. The quantitative estimate of drug-likeness (QED) is 0.541. The van der Waals surface area contributed by atoms with Crippen molar-refractivity contribution in [3.8, 4) is 10.4 Å². The lowest BCUT2D eigenvalue weighted by Crippen LogP contribution is -2.54. The number of thiocarbonyl (C=S) groups is 1. The first-order chi connectivity index (χ1) is 15.5. The Kier molecular flexibility index (Phi) is 5.76. The zero-order valence-corrected chi connectivity index (χ0v) is 20.1. The average Bonchev–Trinajstić information content (AvgIpc) is 3.53. The molecule has 0 saturated carbocycles. The molecule has 5 heterocycles. The van der Waals surface area contributed by atoms with Crippen LogP contribution in [0.1, 0.15) is 27.9 Å². The monoisotopic (exact) mass is 488 g/mol. The highest BCUT2D eigenvalue weighted by Crippen LogP contribution is 2.45. The van der Waals surface area contributed by atoms with Crippen molar-refractivity contribution in [1.29, 1.82) is 0 Å². The maximum atomic E-state index is 11.9. The number of ether oxygens (including phenoxy) is 1. The van der Waals surface area contributed by atoms with Gasteiger partial charge in [0.2, 0.25) is 0 Å².